The van der Waals surface area contributed by atoms with Gasteiger partial charge in [0.1, 0.15) is 13.2 Å². The molecular weight excluding hydrogens is 659 g/mol. The summed E-state index contributed by atoms with van der Waals surface area (Å²) >= 11 is 0. The van der Waals surface area contributed by atoms with Gasteiger partial charge in [0.15, 0.2) is 0 Å². The largest absolute Gasteiger partial charge is 0.756 e. The molecule has 0 aromatic carbocycles. The van der Waals surface area contributed by atoms with Gasteiger partial charge in [-0.25, -0.2) is 0 Å². The van der Waals surface area contributed by atoms with Crippen LogP contribution >= 0.6 is 7.82 Å². The molecule has 304 valence electrons. The number of nitrogens with one attached hydrogen (secondary N) is 1. The predicted octanol–water partition coefficient (Wildman–Crippen LogP) is 10.9. The number of likely N-dealkylation sites (N-methyl/N-ethyl adjacent to an activating group) is 1. The highest BCUT2D eigenvalue weighted by molar-refractivity contribution is 7.45. The lowest BCUT2D eigenvalue weighted by atomic mass is 10.0. The third-order valence-electron chi connectivity index (χ3n) is 9.75. The average molecular weight is 745 g/mol. The van der Waals surface area contributed by atoms with Crippen LogP contribution in [-0.4, -0.2) is 68.5 Å². The zero-order valence-corrected chi connectivity index (χ0v) is 35.2. The maximum absolute atomic E-state index is 12.8. The van der Waals surface area contributed by atoms with Gasteiger partial charge in [-0.15, -0.1) is 0 Å². The smallest absolute Gasteiger partial charge is 0.268 e. The Kier molecular flexibility index (Phi) is 34.5. The number of quaternary nitrogens is 1. The summed E-state index contributed by atoms with van der Waals surface area (Å²) in [6.45, 7) is 4.62. The number of aliphatic hydroxyl groups is 1. The van der Waals surface area contributed by atoms with Crippen molar-refractivity contribution in [1.82, 2.24) is 5.32 Å². The lowest BCUT2D eigenvalue weighted by Gasteiger charge is -2.29. The van der Waals surface area contributed by atoms with Crippen molar-refractivity contribution in [2.24, 2.45) is 0 Å². The van der Waals surface area contributed by atoms with Gasteiger partial charge < -0.3 is 28.8 Å². The molecule has 2 N–H and O–H groups in total. The van der Waals surface area contributed by atoms with Crippen molar-refractivity contribution in [2.75, 3.05) is 40.9 Å². The quantitative estimate of drug-likeness (QED) is 0.0281. The molecular formula is C42H85N2O6P. The number of phosphoric acid groups is 1. The summed E-state index contributed by atoms with van der Waals surface area (Å²) in [5.41, 5.74) is 0. The minimum atomic E-state index is -4.57. The van der Waals surface area contributed by atoms with Gasteiger partial charge in [-0.2, -0.15) is 0 Å². The molecule has 8 nitrogen and oxygen atoms in total. The summed E-state index contributed by atoms with van der Waals surface area (Å²) in [5.74, 6) is -0.197. The van der Waals surface area contributed by atoms with Crippen molar-refractivity contribution >= 4 is 13.7 Å². The highest BCUT2D eigenvalue weighted by atomic mass is 31.2. The number of carbonyl (C=O) groups is 1. The van der Waals surface area contributed by atoms with Crippen LogP contribution in [0.4, 0.5) is 0 Å². The maximum Gasteiger partial charge on any atom is 0.268 e. The van der Waals surface area contributed by atoms with Crippen LogP contribution in [0.1, 0.15) is 200 Å². The molecule has 0 aliphatic heterocycles. The van der Waals surface area contributed by atoms with E-state index in [1.165, 1.54) is 141 Å². The average Bonchev–Trinajstić information content (AvgIpc) is 3.07. The van der Waals surface area contributed by atoms with Crippen LogP contribution in [0.3, 0.4) is 0 Å². The van der Waals surface area contributed by atoms with E-state index in [-0.39, 0.29) is 19.1 Å². The van der Waals surface area contributed by atoms with Crippen molar-refractivity contribution in [3.63, 3.8) is 0 Å². The first-order chi connectivity index (χ1) is 24.5. The van der Waals surface area contributed by atoms with Crippen LogP contribution in [0.25, 0.3) is 0 Å². The molecule has 51 heavy (non-hydrogen) atoms. The number of rotatable bonds is 39. The van der Waals surface area contributed by atoms with E-state index < -0.39 is 20.0 Å². The normalized spacial score (nSPS) is 14.6. The fourth-order valence-corrected chi connectivity index (χ4v) is 6.99. The molecule has 0 bridgehead atoms. The van der Waals surface area contributed by atoms with Crippen LogP contribution in [0.15, 0.2) is 12.2 Å². The number of nitrogens with zero attached hydrogens (tertiary/aromatic N) is 1. The first kappa shape index (κ1) is 50.2. The van der Waals surface area contributed by atoms with E-state index in [2.05, 4.69) is 19.2 Å². The third kappa shape index (κ3) is 37.4. The fraction of sp³-hybridized carbons (Fsp3) is 0.929. The van der Waals surface area contributed by atoms with Crippen LogP contribution in [0.5, 0.6) is 0 Å². The second-order valence-corrected chi connectivity index (χ2v) is 17.5. The monoisotopic (exact) mass is 745 g/mol. The summed E-state index contributed by atoms with van der Waals surface area (Å²) in [5, 5.41) is 13.7. The zero-order chi connectivity index (χ0) is 37.9. The van der Waals surface area contributed by atoms with Gasteiger partial charge in [-0.3, -0.25) is 9.36 Å². The van der Waals surface area contributed by atoms with E-state index >= 15 is 0 Å². The minimum absolute atomic E-state index is 0.00163. The predicted molar refractivity (Wildman–Crippen MR) is 215 cm³/mol. The van der Waals surface area contributed by atoms with Crippen molar-refractivity contribution in [3.05, 3.63) is 12.2 Å². The number of hydrogen-bond acceptors (Lipinski definition) is 6. The Hall–Kier alpha value is -0.760. The lowest BCUT2D eigenvalue weighted by molar-refractivity contribution is -0.870. The van der Waals surface area contributed by atoms with Crippen LogP contribution < -0.4 is 10.2 Å². The van der Waals surface area contributed by atoms with Crippen molar-refractivity contribution in [3.8, 4) is 0 Å². The highest BCUT2D eigenvalue weighted by Gasteiger charge is 2.23. The Morgan fingerprint density at radius 1 is 0.667 bits per heavy atom. The SMILES string of the molecule is CCCCCCCCC/C=C/C(O)C(COP(=O)([O-])OCC[N+](C)(C)C)NC(=O)CCCCCCCCCCCCCCCCCCCCCC. The molecule has 0 aliphatic carbocycles. The Bertz CT molecular complexity index is 850. The molecule has 0 fully saturated rings. The fourth-order valence-electron chi connectivity index (χ4n) is 6.27. The molecule has 0 aliphatic rings. The lowest BCUT2D eigenvalue weighted by Crippen LogP contribution is -2.45. The van der Waals surface area contributed by atoms with Gasteiger partial charge in [0.25, 0.3) is 7.82 Å². The van der Waals surface area contributed by atoms with Crippen LogP contribution in [-0.2, 0) is 18.4 Å². The molecule has 0 spiro atoms. The molecule has 0 rings (SSSR count). The first-order valence-corrected chi connectivity index (χ1v) is 23.0. The molecule has 0 heterocycles. The van der Waals surface area contributed by atoms with Gasteiger partial charge in [-0.1, -0.05) is 187 Å². The molecule has 3 atom stereocenters. The highest BCUT2D eigenvalue weighted by Crippen LogP contribution is 2.38. The molecule has 0 saturated carbocycles. The summed E-state index contributed by atoms with van der Waals surface area (Å²) in [4.78, 5) is 25.2. The van der Waals surface area contributed by atoms with E-state index in [1.807, 2.05) is 27.2 Å². The Morgan fingerprint density at radius 3 is 1.47 bits per heavy atom. The Labute approximate surface area is 316 Å². The number of hydrogen-bond donors (Lipinski definition) is 2. The first-order valence-electron chi connectivity index (χ1n) is 21.6. The molecule has 0 radical (unpaired) electrons. The standard InChI is InChI=1S/C42H85N2O6P/c1-6-8-10-12-14-16-17-18-19-20-21-22-23-24-25-26-28-30-32-34-36-42(46)43-40(39-50-51(47,48)49-38-37-44(3,4)5)41(45)35-33-31-29-27-15-13-11-9-7-2/h33,35,40-41,45H,6-32,34,36-39H2,1-5H3,(H-,43,46,47,48)/b35-33+. The number of phosphoric ester groups is 1. The van der Waals surface area contributed by atoms with Crippen molar-refractivity contribution in [2.45, 2.75) is 212 Å². The Balaban J connectivity index is 4.25. The second-order valence-electron chi connectivity index (χ2n) is 16.1. The molecule has 0 saturated heterocycles. The zero-order valence-electron chi connectivity index (χ0n) is 34.3. The van der Waals surface area contributed by atoms with E-state index in [0.29, 0.717) is 17.4 Å². The Morgan fingerprint density at radius 2 is 1.06 bits per heavy atom. The van der Waals surface area contributed by atoms with Gasteiger partial charge >= 0.3 is 0 Å². The van der Waals surface area contributed by atoms with Crippen LogP contribution in [0, 0.1) is 0 Å². The number of carbonyl (C=O) groups excluding carboxylic acids is 1. The third-order valence-corrected chi connectivity index (χ3v) is 10.7. The van der Waals surface area contributed by atoms with Gasteiger partial charge in [-0.05, 0) is 19.3 Å². The van der Waals surface area contributed by atoms with Gasteiger partial charge in [0, 0.05) is 6.42 Å². The van der Waals surface area contributed by atoms with Crippen LogP contribution in [0.2, 0.25) is 0 Å². The summed E-state index contributed by atoms with van der Waals surface area (Å²) in [6.07, 6.45) is 38.4. The molecule has 3 unspecified atom stereocenters. The molecule has 9 heteroatoms. The number of aliphatic hydroxyl groups excluding tert-OH is 1. The summed E-state index contributed by atoms with van der Waals surface area (Å²) < 4.78 is 23.1. The van der Waals surface area contributed by atoms with Crippen molar-refractivity contribution in [1.29, 1.82) is 0 Å². The van der Waals surface area contributed by atoms with Gasteiger partial charge in [0.2, 0.25) is 5.91 Å². The number of unbranched alkanes of at least 4 members (excludes halogenated alkanes) is 26. The molecule has 1 amide bonds. The van der Waals surface area contributed by atoms with Gasteiger partial charge in [0.05, 0.1) is 39.9 Å². The summed E-state index contributed by atoms with van der Waals surface area (Å²) in [7, 11) is 1.27. The molecule has 0 aromatic heterocycles. The minimum Gasteiger partial charge on any atom is -0.756 e. The molecule has 0 aromatic rings. The second kappa shape index (κ2) is 35.0. The summed E-state index contributed by atoms with van der Waals surface area (Å²) in [6, 6.07) is -0.878. The maximum atomic E-state index is 12.8. The van der Waals surface area contributed by atoms with E-state index in [1.54, 1.807) is 6.08 Å². The van der Waals surface area contributed by atoms with E-state index in [9.17, 15) is 19.4 Å². The topological polar surface area (TPSA) is 108 Å². The van der Waals surface area contributed by atoms with Crippen molar-refractivity contribution < 1.29 is 32.9 Å². The number of allylic oxidation sites excluding steroid dienone is 1. The number of amides is 1. The van der Waals surface area contributed by atoms with E-state index in [4.69, 9.17) is 9.05 Å². The van der Waals surface area contributed by atoms with E-state index in [0.717, 1.165) is 38.5 Å².